The molecular weight excluding hydrogens is 264 g/mol. The van der Waals surface area contributed by atoms with Crippen LogP contribution in [0.4, 0.5) is 5.69 Å². The summed E-state index contributed by atoms with van der Waals surface area (Å²) >= 11 is 0. The average Bonchev–Trinajstić information content (AvgIpc) is 2.87. The van der Waals surface area contributed by atoms with Crippen molar-refractivity contribution < 1.29 is 4.79 Å². The highest BCUT2D eigenvalue weighted by molar-refractivity contribution is 5.93. The van der Waals surface area contributed by atoms with Crippen molar-refractivity contribution in [2.24, 2.45) is 7.05 Å². The Balaban J connectivity index is 1.64. The molecule has 0 aliphatic rings. The molecule has 0 fully saturated rings. The van der Waals surface area contributed by atoms with Gasteiger partial charge in [0.1, 0.15) is 0 Å². The van der Waals surface area contributed by atoms with Gasteiger partial charge in [0.05, 0.1) is 11.7 Å². The van der Waals surface area contributed by atoms with Gasteiger partial charge in [0.2, 0.25) is 5.91 Å². The van der Waals surface area contributed by atoms with E-state index in [-0.39, 0.29) is 5.91 Å². The molecule has 2 aromatic heterocycles. The van der Waals surface area contributed by atoms with Crippen LogP contribution in [-0.4, -0.2) is 20.7 Å². The van der Waals surface area contributed by atoms with Crippen LogP contribution in [0.15, 0.2) is 48.8 Å². The van der Waals surface area contributed by atoms with E-state index in [1.165, 1.54) is 0 Å². The molecule has 0 atom stereocenters. The van der Waals surface area contributed by atoms with Crippen molar-refractivity contribution in [3.05, 3.63) is 54.5 Å². The number of nitrogens with zero attached hydrogens (tertiary/aromatic N) is 3. The summed E-state index contributed by atoms with van der Waals surface area (Å²) in [5.41, 5.74) is 2.71. The third-order valence-electron chi connectivity index (χ3n) is 3.37. The largest absolute Gasteiger partial charge is 0.326 e. The predicted molar refractivity (Wildman–Crippen MR) is 81.9 cm³/mol. The molecule has 1 amide bonds. The summed E-state index contributed by atoms with van der Waals surface area (Å²) in [6, 6.07) is 11.5. The molecule has 0 saturated carbocycles. The van der Waals surface area contributed by atoms with Crippen molar-refractivity contribution in [1.82, 2.24) is 14.8 Å². The Morgan fingerprint density at radius 3 is 3.00 bits per heavy atom. The van der Waals surface area contributed by atoms with Crippen LogP contribution in [0, 0.1) is 0 Å². The average molecular weight is 280 g/mol. The van der Waals surface area contributed by atoms with Crippen molar-refractivity contribution in [3.8, 4) is 0 Å². The number of aryl methyl sites for hydroxylation is 2. The molecule has 3 aromatic rings. The van der Waals surface area contributed by atoms with Gasteiger partial charge in [0.25, 0.3) is 0 Å². The Morgan fingerprint density at radius 2 is 2.19 bits per heavy atom. The highest BCUT2D eigenvalue weighted by Crippen LogP contribution is 2.18. The van der Waals surface area contributed by atoms with Gasteiger partial charge >= 0.3 is 0 Å². The fourth-order valence-corrected chi connectivity index (χ4v) is 2.23. The van der Waals surface area contributed by atoms with Crippen LogP contribution in [-0.2, 0) is 18.3 Å². The van der Waals surface area contributed by atoms with Gasteiger partial charge in [0.15, 0.2) is 0 Å². The number of aromatic nitrogens is 3. The van der Waals surface area contributed by atoms with E-state index >= 15 is 0 Å². The summed E-state index contributed by atoms with van der Waals surface area (Å²) in [5, 5.41) is 8.16. The lowest BCUT2D eigenvalue weighted by molar-refractivity contribution is -0.116. The topological polar surface area (TPSA) is 59.8 Å². The number of benzene rings is 1. The molecule has 5 heteroatoms. The van der Waals surface area contributed by atoms with Crippen LogP contribution in [0.5, 0.6) is 0 Å². The van der Waals surface area contributed by atoms with Crippen molar-refractivity contribution in [2.45, 2.75) is 12.8 Å². The molecule has 0 bridgehead atoms. The van der Waals surface area contributed by atoms with Crippen molar-refractivity contribution >= 4 is 22.5 Å². The second kappa shape index (κ2) is 5.75. The molecule has 0 aliphatic carbocycles. The second-order valence-electron chi connectivity index (χ2n) is 4.91. The normalized spacial score (nSPS) is 10.7. The summed E-state index contributed by atoms with van der Waals surface area (Å²) in [4.78, 5) is 16.2. The maximum Gasteiger partial charge on any atom is 0.224 e. The minimum Gasteiger partial charge on any atom is -0.326 e. The van der Waals surface area contributed by atoms with Crippen LogP contribution in [0.2, 0.25) is 0 Å². The number of fused-ring (bicyclic) bond motifs is 1. The molecule has 1 N–H and O–H groups in total. The minimum absolute atomic E-state index is 0.0119. The Kier molecular flexibility index (Phi) is 3.64. The Labute approximate surface area is 122 Å². The van der Waals surface area contributed by atoms with Gasteiger partial charge in [-0.15, -0.1) is 0 Å². The van der Waals surface area contributed by atoms with E-state index in [2.05, 4.69) is 15.4 Å². The van der Waals surface area contributed by atoms with E-state index in [0.29, 0.717) is 12.8 Å². The van der Waals surface area contributed by atoms with Crippen LogP contribution in [0.25, 0.3) is 10.9 Å². The zero-order chi connectivity index (χ0) is 14.7. The smallest absolute Gasteiger partial charge is 0.224 e. The molecule has 5 nitrogen and oxygen atoms in total. The number of pyridine rings is 1. The van der Waals surface area contributed by atoms with Gasteiger partial charge in [-0.25, -0.2) is 0 Å². The zero-order valence-electron chi connectivity index (χ0n) is 11.8. The van der Waals surface area contributed by atoms with Gasteiger partial charge in [-0.05, 0) is 36.8 Å². The van der Waals surface area contributed by atoms with Gasteiger partial charge in [-0.2, -0.15) is 5.10 Å². The molecule has 0 unspecified atom stereocenters. The van der Waals surface area contributed by atoms with Gasteiger partial charge in [-0.3, -0.25) is 14.5 Å². The number of rotatable bonds is 4. The molecule has 0 aliphatic heterocycles. The standard InChI is InChI=1S/C16H16N4O/c1-20-15-10-14(6-5-12(15)11-18-20)19-16(21)8-7-13-4-2-3-9-17-13/h2-6,9-11H,7-8H2,1H3,(H,19,21). The van der Waals surface area contributed by atoms with E-state index in [9.17, 15) is 4.79 Å². The zero-order valence-corrected chi connectivity index (χ0v) is 11.8. The third-order valence-corrected chi connectivity index (χ3v) is 3.37. The molecule has 21 heavy (non-hydrogen) atoms. The quantitative estimate of drug-likeness (QED) is 0.799. The SMILES string of the molecule is Cn1ncc2ccc(NC(=O)CCc3ccccn3)cc21. The fraction of sp³-hybridized carbons (Fsp3) is 0.188. The molecule has 2 heterocycles. The summed E-state index contributed by atoms with van der Waals surface area (Å²) in [6.45, 7) is 0. The number of nitrogens with one attached hydrogen (secondary N) is 1. The van der Waals surface area contributed by atoms with Crippen molar-refractivity contribution in [1.29, 1.82) is 0 Å². The van der Waals surface area contributed by atoms with E-state index < -0.39 is 0 Å². The number of carbonyl (C=O) groups excluding carboxylic acids is 1. The van der Waals surface area contributed by atoms with E-state index in [4.69, 9.17) is 0 Å². The van der Waals surface area contributed by atoms with Crippen molar-refractivity contribution in [2.75, 3.05) is 5.32 Å². The molecule has 1 aromatic carbocycles. The van der Waals surface area contributed by atoms with Gasteiger partial charge in [-0.1, -0.05) is 6.07 Å². The van der Waals surface area contributed by atoms with Gasteiger partial charge in [0, 0.05) is 36.4 Å². The molecule has 106 valence electrons. The number of hydrogen-bond donors (Lipinski definition) is 1. The summed E-state index contributed by atoms with van der Waals surface area (Å²) in [7, 11) is 1.88. The number of amides is 1. The van der Waals surface area contributed by atoms with Crippen LogP contribution < -0.4 is 5.32 Å². The first-order chi connectivity index (χ1) is 10.2. The molecule has 0 radical (unpaired) electrons. The number of anilines is 1. The second-order valence-corrected chi connectivity index (χ2v) is 4.91. The molecule has 0 saturated heterocycles. The Bertz CT molecular complexity index is 764. The van der Waals surface area contributed by atoms with E-state index in [0.717, 1.165) is 22.3 Å². The first-order valence-corrected chi connectivity index (χ1v) is 6.84. The van der Waals surface area contributed by atoms with Crippen LogP contribution >= 0.6 is 0 Å². The maximum absolute atomic E-state index is 12.0. The molecule has 3 rings (SSSR count). The summed E-state index contributed by atoms with van der Waals surface area (Å²) in [5.74, 6) is -0.0119. The first kappa shape index (κ1) is 13.3. The number of hydrogen-bond acceptors (Lipinski definition) is 3. The molecular formula is C16H16N4O. The lowest BCUT2D eigenvalue weighted by Crippen LogP contribution is -2.12. The lowest BCUT2D eigenvalue weighted by Gasteiger charge is -2.06. The maximum atomic E-state index is 12.0. The third kappa shape index (κ3) is 3.08. The number of carbonyl (C=O) groups is 1. The Morgan fingerprint density at radius 1 is 1.29 bits per heavy atom. The van der Waals surface area contributed by atoms with Gasteiger partial charge < -0.3 is 5.32 Å². The van der Waals surface area contributed by atoms with Crippen LogP contribution in [0.1, 0.15) is 12.1 Å². The highest BCUT2D eigenvalue weighted by Gasteiger charge is 2.06. The molecule has 0 spiro atoms. The first-order valence-electron chi connectivity index (χ1n) is 6.84. The summed E-state index contributed by atoms with van der Waals surface area (Å²) < 4.78 is 1.79. The minimum atomic E-state index is -0.0119. The highest BCUT2D eigenvalue weighted by atomic mass is 16.1. The fourth-order valence-electron chi connectivity index (χ4n) is 2.23. The lowest BCUT2D eigenvalue weighted by atomic mass is 10.2. The van der Waals surface area contributed by atoms with E-state index in [1.807, 2.05) is 49.6 Å². The predicted octanol–water partition coefficient (Wildman–Crippen LogP) is 2.54. The summed E-state index contributed by atoms with van der Waals surface area (Å²) in [6.07, 6.45) is 4.60. The monoisotopic (exact) mass is 280 g/mol. The van der Waals surface area contributed by atoms with Crippen LogP contribution in [0.3, 0.4) is 0 Å². The van der Waals surface area contributed by atoms with E-state index in [1.54, 1.807) is 10.9 Å². The van der Waals surface area contributed by atoms with Crippen molar-refractivity contribution in [3.63, 3.8) is 0 Å². The Hall–Kier alpha value is -2.69.